The minimum Gasteiger partial charge on any atom is -0.507 e. The second-order valence-electron chi connectivity index (χ2n) is 7.50. The van der Waals surface area contributed by atoms with Gasteiger partial charge >= 0.3 is 0 Å². The number of hydrogen-bond acceptors (Lipinski definition) is 4. The molecule has 31 heavy (non-hydrogen) atoms. The Labute approximate surface area is 189 Å². The summed E-state index contributed by atoms with van der Waals surface area (Å²) in [5, 5.41) is 11.0. The van der Waals surface area contributed by atoms with E-state index < -0.39 is 17.7 Å². The maximum absolute atomic E-state index is 13.1. The fourth-order valence-corrected chi connectivity index (χ4v) is 3.99. The summed E-state index contributed by atoms with van der Waals surface area (Å²) >= 11 is 3.43. The Kier molecular flexibility index (Phi) is 5.65. The first-order valence-corrected chi connectivity index (χ1v) is 10.6. The summed E-state index contributed by atoms with van der Waals surface area (Å²) < 4.78 is 0.881. The average molecular weight is 477 g/mol. The Morgan fingerprint density at radius 3 is 2.10 bits per heavy atom. The number of nitrogens with zero attached hydrogens (tertiary/aromatic N) is 2. The zero-order valence-corrected chi connectivity index (χ0v) is 18.7. The monoisotopic (exact) mass is 476 g/mol. The second kappa shape index (κ2) is 8.40. The van der Waals surface area contributed by atoms with Crippen LogP contribution >= 0.6 is 15.9 Å². The van der Waals surface area contributed by atoms with Gasteiger partial charge in [-0.3, -0.25) is 14.5 Å². The first kappa shape index (κ1) is 20.9. The lowest BCUT2D eigenvalue weighted by Crippen LogP contribution is -2.29. The van der Waals surface area contributed by atoms with Crippen LogP contribution in [0.25, 0.3) is 5.76 Å². The van der Waals surface area contributed by atoms with E-state index in [4.69, 9.17) is 0 Å². The smallest absolute Gasteiger partial charge is 0.300 e. The van der Waals surface area contributed by atoms with E-state index in [-0.39, 0.29) is 11.3 Å². The Morgan fingerprint density at radius 2 is 1.52 bits per heavy atom. The number of ketones is 1. The van der Waals surface area contributed by atoms with Crippen LogP contribution in [0.1, 0.15) is 17.2 Å². The van der Waals surface area contributed by atoms with E-state index in [1.165, 1.54) is 4.90 Å². The zero-order chi connectivity index (χ0) is 22.1. The van der Waals surface area contributed by atoms with Crippen molar-refractivity contribution in [1.82, 2.24) is 0 Å². The van der Waals surface area contributed by atoms with Crippen molar-refractivity contribution in [1.29, 1.82) is 0 Å². The molecule has 1 fully saturated rings. The number of amides is 1. The van der Waals surface area contributed by atoms with Gasteiger partial charge < -0.3 is 10.0 Å². The molecule has 3 aromatic rings. The van der Waals surface area contributed by atoms with Crippen LogP contribution in [0.4, 0.5) is 11.4 Å². The molecule has 5 nitrogen and oxygen atoms in total. The molecule has 0 aliphatic carbocycles. The summed E-state index contributed by atoms with van der Waals surface area (Å²) in [7, 11) is 3.87. The van der Waals surface area contributed by atoms with Gasteiger partial charge in [0, 0.05) is 35.5 Å². The van der Waals surface area contributed by atoms with Crippen LogP contribution in [0.2, 0.25) is 0 Å². The third-order valence-electron chi connectivity index (χ3n) is 5.32. The molecule has 1 aliphatic heterocycles. The summed E-state index contributed by atoms with van der Waals surface area (Å²) in [5.74, 6) is -1.55. The van der Waals surface area contributed by atoms with Gasteiger partial charge in [0.2, 0.25) is 0 Å². The summed E-state index contributed by atoms with van der Waals surface area (Å²) in [4.78, 5) is 29.7. The van der Waals surface area contributed by atoms with Gasteiger partial charge in [0.25, 0.3) is 11.7 Å². The standard InChI is InChI=1S/C25H21BrN2O3/c1-27(2)19-12-14-20(15-13-19)28-22(16-8-10-18(26)11-9-16)21(24(30)25(28)31)23(29)17-6-4-3-5-7-17/h3-15,22,29H,1-2H3/b23-21-. The number of aliphatic hydroxyl groups is 1. The number of Topliss-reactive ketones (excluding diaryl/α,β-unsaturated/α-hetero) is 1. The lowest BCUT2D eigenvalue weighted by molar-refractivity contribution is -0.132. The molecule has 0 bridgehead atoms. The number of carbonyl (C=O) groups excluding carboxylic acids is 2. The summed E-state index contributed by atoms with van der Waals surface area (Å²) in [6, 6.07) is 22.9. The molecule has 6 heteroatoms. The predicted molar refractivity (Wildman–Crippen MR) is 126 cm³/mol. The molecule has 1 atom stereocenters. The van der Waals surface area contributed by atoms with Crippen molar-refractivity contribution in [2.75, 3.05) is 23.9 Å². The van der Waals surface area contributed by atoms with E-state index in [0.29, 0.717) is 11.3 Å². The number of carbonyl (C=O) groups is 2. The fourth-order valence-electron chi connectivity index (χ4n) is 3.72. The maximum atomic E-state index is 13.1. The van der Waals surface area contributed by atoms with Gasteiger partial charge in [0.05, 0.1) is 11.6 Å². The van der Waals surface area contributed by atoms with Gasteiger partial charge in [-0.1, -0.05) is 58.4 Å². The van der Waals surface area contributed by atoms with Gasteiger partial charge in [0.15, 0.2) is 0 Å². The second-order valence-corrected chi connectivity index (χ2v) is 8.41. The minimum absolute atomic E-state index is 0.0789. The van der Waals surface area contributed by atoms with Gasteiger partial charge in [-0.25, -0.2) is 0 Å². The van der Waals surface area contributed by atoms with Crippen LogP contribution < -0.4 is 9.80 Å². The third kappa shape index (κ3) is 3.86. The quantitative estimate of drug-likeness (QED) is 0.321. The van der Waals surface area contributed by atoms with Crippen molar-refractivity contribution in [2.45, 2.75) is 6.04 Å². The molecule has 1 unspecified atom stereocenters. The number of anilines is 2. The molecule has 4 rings (SSSR count). The van der Waals surface area contributed by atoms with Crippen LogP contribution in [0.15, 0.2) is 88.9 Å². The number of hydrogen-bond donors (Lipinski definition) is 1. The fraction of sp³-hybridized carbons (Fsp3) is 0.120. The summed E-state index contributed by atoms with van der Waals surface area (Å²) in [6.45, 7) is 0. The molecule has 0 aromatic heterocycles. The zero-order valence-electron chi connectivity index (χ0n) is 17.1. The Balaban J connectivity index is 1.90. The number of benzene rings is 3. The maximum Gasteiger partial charge on any atom is 0.300 e. The normalized spacial score (nSPS) is 17.8. The largest absolute Gasteiger partial charge is 0.507 e. The minimum atomic E-state index is -0.737. The summed E-state index contributed by atoms with van der Waals surface area (Å²) in [5.41, 5.74) is 2.87. The molecular weight excluding hydrogens is 456 g/mol. The first-order valence-electron chi connectivity index (χ1n) is 9.78. The van der Waals surface area contributed by atoms with Crippen LogP contribution in [0.3, 0.4) is 0 Å². The van der Waals surface area contributed by atoms with E-state index >= 15 is 0 Å². The van der Waals surface area contributed by atoms with Crippen LogP contribution in [-0.4, -0.2) is 30.9 Å². The molecule has 0 spiro atoms. The molecule has 1 heterocycles. The van der Waals surface area contributed by atoms with Crippen molar-refractivity contribution < 1.29 is 14.7 Å². The Morgan fingerprint density at radius 1 is 0.903 bits per heavy atom. The lowest BCUT2D eigenvalue weighted by Gasteiger charge is -2.26. The molecule has 1 N–H and O–H groups in total. The predicted octanol–water partition coefficient (Wildman–Crippen LogP) is 5.14. The third-order valence-corrected chi connectivity index (χ3v) is 5.85. The van der Waals surface area contributed by atoms with Crippen LogP contribution in [0, 0.1) is 0 Å². The van der Waals surface area contributed by atoms with Gasteiger partial charge in [0.1, 0.15) is 5.76 Å². The van der Waals surface area contributed by atoms with E-state index in [1.54, 1.807) is 24.3 Å². The highest BCUT2D eigenvalue weighted by atomic mass is 79.9. The van der Waals surface area contributed by atoms with Gasteiger partial charge in [-0.05, 0) is 42.0 Å². The van der Waals surface area contributed by atoms with Crippen molar-refractivity contribution in [2.24, 2.45) is 0 Å². The number of halogens is 1. The van der Waals surface area contributed by atoms with Crippen molar-refractivity contribution >= 4 is 44.8 Å². The van der Waals surface area contributed by atoms with Crippen molar-refractivity contribution in [3.05, 3.63) is 100 Å². The molecule has 1 amide bonds. The highest BCUT2D eigenvalue weighted by molar-refractivity contribution is 9.10. The lowest BCUT2D eigenvalue weighted by atomic mass is 9.95. The Bertz CT molecular complexity index is 1150. The van der Waals surface area contributed by atoms with E-state index in [0.717, 1.165) is 15.7 Å². The van der Waals surface area contributed by atoms with Gasteiger partial charge in [-0.2, -0.15) is 0 Å². The molecule has 0 saturated carbocycles. The summed E-state index contributed by atoms with van der Waals surface area (Å²) in [6.07, 6.45) is 0. The molecule has 156 valence electrons. The van der Waals surface area contributed by atoms with Crippen LogP contribution in [-0.2, 0) is 9.59 Å². The Hall–Kier alpha value is -3.38. The molecule has 1 saturated heterocycles. The van der Waals surface area contributed by atoms with E-state index in [2.05, 4.69) is 15.9 Å². The van der Waals surface area contributed by atoms with E-state index in [9.17, 15) is 14.7 Å². The average Bonchev–Trinajstić information content (AvgIpc) is 3.05. The van der Waals surface area contributed by atoms with Gasteiger partial charge in [-0.15, -0.1) is 0 Å². The van der Waals surface area contributed by atoms with Crippen molar-refractivity contribution in [3.63, 3.8) is 0 Å². The topological polar surface area (TPSA) is 60.9 Å². The number of rotatable bonds is 4. The SMILES string of the molecule is CN(C)c1ccc(N2C(=O)C(=O)/C(=C(\O)c3ccccc3)C2c2ccc(Br)cc2)cc1. The molecular formula is C25H21BrN2O3. The molecule has 3 aromatic carbocycles. The highest BCUT2D eigenvalue weighted by Gasteiger charge is 2.46. The highest BCUT2D eigenvalue weighted by Crippen LogP contribution is 2.42. The first-order chi connectivity index (χ1) is 14.9. The molecule has 1 aliphatic rings. The van der Waals surface area contributed by atoms with Crippen molar-refractivity contribution in [3.8, 4) is 0 Å². The van der Waals surface area contributed by atoms with E-state index in [1.807, 2.05) is 73.6 Å². The molecule has 0 radical (unpaired) electrons. The van der Waals surface area contributed by atoms with Crippen LogP contribution in [0.5, 0.6) is 0 Å². The number of aliphatic hydroxyl groups excluding tert-OH is 1.